The highest BCUT2D eigenvalue weighted by molar-refractivity contribution is 7.09. The Morgan fingerprint density at radius 1 is 1.14 bits per heavy atom. The smallest absolute Gasteiger partial charge is 0.134 e. The van der Waals surface area contributed by atoms with E-state index in [-0.39, 0.29) is 0 Å². The van der Waals surface area contributed by atoms with Crippen molar-refractivity contribution in [3.8, 4) is 0 Å². The molecule has 0 radical (unpaired) electrons. The van der Waals surface area contributed by atoms with Gasteiger partial charge in [-0.05, 0) is 20.8 Å². The van der Waals surface area contributed by atoms with Gasteiger partial charge in [0.05, 0.1) is 23.7 Å². The Morgan fingerprint density at radius 2 is 1.86 bits per heavy atom. The molecule has 0 saturated heterocycles. The van der Waals surface area contributed by atoms with E-state index >= 15 is 0 Å². The Labute approximate surface area is 129 Å². The zero-order chi connectivity index (χ0) is 15.2. The molecular weight excluding hydrogens is 284 g/mol. The Hall–Kier alpha value is -1.37. The summed E-state index contributed by atoms with van der Waals surface area (Å²) in [5.41, 5.74) is 4.29. The van der Waals surface area contributed by atoms with Crippen molar-refractivity contribution in [2.24, 2.45) is 0 Å². The molecule has 2 rings (SSSR count). The molecule has 0 spiro atoms. The second kappa shape index (κ2) is 7.59. The molecule has 2 aromatic heterocycles. The molecule has 114 valence electrons. The van der Waals surface area contributed by atoms with Crippen LogP contribution < -0.4 is 5.32 Å². The van der Waals surface area contributed by atoms with Crippen molar-refractivity contribution < 1.29 is 4.74 Å². The third kappa shape index (κ3) is 4.56. The van der Waals surface area contributed by atoms with Gasteiger partial charge in [0, 0.05) is 42.5 Å². The number of thiazole rings is 1. The average molecular weight is 306 g/mol. The fourth-order valence-electron chi connectivity index (χ4n) is 2.18. The molecule has 0 fully saturated rings. The van der Waals surface area contributed by atoms with Crippen molar-refractivity contribution in [1.82, 2.24) is 20.3 Å². The van der Waals surface area contributed by atoms with Gasteiger partial charge in [0.2, 0.25) is 0 Å². The summed E-state index contributed by atoms with van der Waals surface area (Å²) in [7, 11) is 1.70. The minimum Gasteiger partial charge on any atom is -0.383 e. The molecule has 0 atom stereocenters. The van der Waals surface area contributed by atoms with Gasteiger partial charge >= 0.3 is 0 Å². The van der Waals surface area contributed by atoms with Crippen molar-refractivity contribution in [2.45, 2.75) is 33.7 Å². The molecule has 0 aliphatic heterocycles. The molecule has 0 bridgehead atoms. The number of nitrogens with zero attached hydrogens (tertiary/aromatic N) is 3. The maximum atomic E-state index is 5.03. The topological polar surface area (TPSA) is 59.9 Å². The first-order valence-electron chi connectivity index (χ1n) is 7.03. The molecule has 0 aliphatic carbocycles. The fraction of sp³-hybridized carbons (Fsp3) is 0.533. The molecule has 6 heteroatoms. The number of nitrogens with one attached hydrogen (secondary N) is 1. The fourth-order valence-corrected chi connectivity index (χ4v) is 2.80. The summed E-state index contributed by atoms with van der Waals surface area (Å²) in [6.45, 7) is 8.41. The van der Waals surface area contributed by atoms with Crippen LogP contribution in [0.2, 0.25) is 0 Å². The van der Waals surface area contributed by atoms with E-state index in [1.165, 1.54) is 5.56 Å². The lowest BCUT2D eigenvalue weighted by atomic mass is 10.1. The van der Waals surface area contributed by atoms with E-state index < -0.39 is 0 Å². The van der Waals surface area contributed by atoms with Gasteiger partial charge in [0.25, 0.3) is 0 Å². The highest BCUT2D eigenvalue weighted by atomic mass is 32.1. The van der Waals surface area contributed by atoms with E-state index in [1.54, 1.807) is 18.4 Å². The number of rotatable bonds is 7. The summed E-state index contributed by atoms with van der Waals surface area (Å²) in [5, 5.41) is 6.50. The van der Waals surface area contributed by atoms with Crippen LogP contribution in [0, 0.1) is 20.8 Å². The predicted molar refractivity (Wildman–Crippen MR) is 84.7 cm³/mol. The second-order valence-corrected chi connectivity index (χ2v) is 6.06. The predicted octanol–water partition coefficient (Wildman–Crippen LogP) is 2.19. The Bertz CT molecular complexity index is 574. The molecule has 0 amide bonds. The first-order valence-corrected chi connectivity index (χ1v) is 7.91. The van der Waals surface area contributed by atoms with Crippen LogP contribution in [-0.2, 0) is 17.7 Å². The monoisotopic (exact) mass is 306 g/mol. The molecular formula is C15H22N4OS. The van der Waals surface area contributed by atoms with Crippen LogP contribution in [0.25, 0.3) is 0 Å². The van der Waals surface area contributed by atoms with Gasteiger partial charge in [-0.1, -0.05) is 0 Å². The van der Waals surface area contributed by atoms with Crippen LogP contribution in [-0.4, -0.2) is 35.2 Å². The largest absolute Gasteiger partial charge is 0.383 e. The van der Waals surface area contributed by atoms with Crippen molar-refractivity contribution in [2.75, 3.05) is 20.3 Å². The van der Waals surface area contributed by atoms with E-state index in [4.69, 9.17) is 4.74 Å². The molecule has 2 heterocycles. The number of aryl methyl sites for hydroxylation is 3. The maximum Gasteiger partial charge on any atom is 0.134 e. The summed E-state index contributed by atoms with van der Waals surface area (Å²) >= 11 is 1.66. The molecule has 0 aromatic carbocycles. The summed E-state index contributed by atoms with van der Waals surface area (Å²) in [6.07, 6.45) is 0.698. The lowest BCUT2D eigenvalue weighted by Gasteiger charge is -2.11. The van der Waals surface area contributed by atoms with Crippen molar-refractivity contribution in [1.29, 1.82) is 0 Å². The van der Waals surface area contributed by atoms with Crippen LogP contribution >= 0.6 is 11.3 Å². The van der Waals surface area contributed by atoms with Crippen LogP contribution in [0.3, 0.4) is 0 Å². The third-order valence-electron chi connectivity index (χ3n) is 3.26. The molecule has 0 unspecified atom stereocenters. The molecule has 1 N–H and O–H groups in total. The van der Waals surface area contributed by atoms with E-state index in [1.807, 2.05) is 20.8 Å². The maximum absolute atomic E-state index is 5.03. The minimum atomic E-state index is 0.698. The zero-order valence-electron chi connectivity index (χ0n) is 13.1. The van der Waals surface area contributed by atoms with Gasteiger partial charge in [0.15, 0.2) is 0 Å². The lowest BCUT2D eigenvalue weighted by Crippen LogP contribution is -2.21. The van der Waals surface area contributed by atoms with Gasteiger partial charge < -0.3 is 10.1 Å². The third-order valence-corrected chi connectivity index (χ3v) is 4.08. The first kappa shape index (κ1) is 16.0. The van der Waals surface area contributed by atoms with Crippen molar-refractivity contribution in [3.63, 3.8) is 0 Å². The lowest BCUT2D eigenvalue weighted by molar-refractivity contribution is 0.199. The highest BCUT2D eigenvalue weighted by Crippen LogP contribution is 2.14. The van der Waals surface area contributed by atoms with Gasteiger partial charge in [-0.2, -0.15) is 0 Å². The minimum absolute atomic E-state index is 0.698. The van der Waals surface area contributed by atoms with E-state index in [0.717, 1.165) is 41.0 Å². The van der Waals surface area contributed by atoms with Crippen LogP contribution in [0.15, 0.2) is 5.38 Å². The summed E-state index contributed by atoms with van der Waals surface area (Å²) in [5.74, 6) is 0.843. The number of aromatic nitrogens is 3. The molecule has 2 aromatic rings. The number of ether oxygens (including phenoxy) is 1. The summed E-state index contributed by atoms with van der Waals surface area (Å²) in [6, 6.07) is 0. The molecule has 5 nitrogen and oxygen atoms in total. The summed E-state index contributed by atoms with van der Waals surface area (Å²) < 4.78 is 5.03. The first-order chi connectivity index (χ1) is 10.1. The number of hydrogen-bond acceptors (Lipinski definition) is 6. The highest BCUT2D eigenvalue weighted by Gasteiger charge is 2.10. The van der Waals surface area contributed by atoms with Gasteiger partial charge in [-0.15, -0.1) is 11.3 Å². The Kier molecular flexibility index (Phi) is 5.78. The number of methoxy groups -OCH3 is 1. The second-order valence-electron chi connectivity index (χ2n) is 4.99. The molecule has 21 heavy (non-hydrogen) atoms. The zero-order valence-corrected chi connectivity index (χ0v) is 13.9. The van der Waals surface area contributed by atoms with Gasteiger partial charge in [-0.25, -0.2) is 15.0 Å². The van der Waals surface area contributed by atoms with Crippen LogP contribution in [0.4, 0.5) is 0 Å². The molecule has 0 aliphatic rings. The van der Waals surface area contributed by atoms with Crippen LogP contribution in [0.1, 0.15) is 33.5 Å². The quantitative estimate of drug-likeness (QED) is 0.795. The SMILES string of the molecule is COCCNCc1c(C)nc(Cc2csc(C)n2)nc1C. The van der Waals surface area contributed by atoms with E-state index in [9.17, 15) is 0 Å². The normalized spacial score (nSPS) is 11.0. The Morgan fingerprint density at radius 3 is 2.43 bits per heavy atom. The summed E-state index contributed by atoms with van der Waals surface area (Å²) in [4.78, 5) is 13.7. The van der Waals surface area contributed by atoms with Crippen LogP contribution in [0.5, 0.6) is 0 Å². The van der Waals surface area contributed by atoms with Crippen molar-refractivity contribution >= 4 is 11.3 Å². The Balaban J connectivity index is 2.05. The molecule has 0 saturated carbocycles. The van der Waals surface area contributed by atoms with E-state index in [2.05, 4.69) is 25.6 Å². The van der Waals surface area contributed by atoms with Crippen molar-refractivity contribution in [3.05, 3.63) is 38.9 Å². The van der Waals surface area contributed by atoms with Gasteiger partial charge in [-0.3, -0.25) is 0 Å². The standard InChI is InChI=1S/C15H22N4OS/c1-10-14(8-16-5-6-20-4)11(2)18-15(17-10)7-13-9-21-12(3)19-13/h9,16H,5-8H2,1-4H3. The van der Waals surface area contributed by atoms with Gasteiger partial charge in [0.1, 0.15) is 5.82 Å². The average Bonchev–Trinajstić information content (AvgIpc) is 2.82. The van der Waals surface area contributed by atoms with E-state index in [0.29, 0.717) is 13.0 Å². The number of hydrogen-bond donors (Lipinski definition) is 1.